The molecule has 5 aromatic rings. The Morgan fingerprint density at radius 3 is 1.76 bits per heavy atom. The van der Waals surface area contributed by atoms with Crippen molar-refractivity contribution in [2.24, 2.45) is 15.7 Å². The van der Waals surface area contributed by atoms with Gasteiger partial charge in [0.1, 0.15) is 0 Å². The van der Waals surface area contributed by atoms with Gasteiger partial charge >= 0.3 is 232 Å². The molecule has 1 unspecified atom stereocenters. The SMILES string of the molecule is NC1=NC(c2ccc(OCCP(Br)(c3ccccc3)(c3ccccc3)c3ccccc3)cc2)NC(=NCCc2ccccc2)N1. The van der Waals surface area contributed by atoms with Crippen LogP contribution in [0.15, 0.2) is 156 Å². The van der Waals surface area contributed by atoms with E-state index in [-0.39, 0.29) is 6.17 Å². The molecule has 0 radical (unpaired) electrons. The van der Waals surface area contributed by atoms with Crippen molar-refractivity contribution in [2.75, 3.05) is 19.3 Å². The fourth-order valence-corrected chi connectivity index (χ4v) is 12.9. The van der Waals surface area contributed by atoms with Crippen molar-refractivity contribution in [3.63, 3.8) is 0 Å². The zero-order chi connectivity index (χ0) is 31.0. The molecule has 8 heteroatoms. The van der Waals surface area contributed by atoms with Gasteiger partial charge in [-0.1, -0.05) is 30.3 Å². The van der Waals surface area contributed by atoms with Crippen molar-refractivity contribution in [3.05, 3.63) is 157 Å². The van der Waals surface area contributed by atoms with Gasteiger partial charge in [-0.25, -0.2) is 0 Å². The first-order chi connectivity index (χ1) is 22.0. The molecule has 228 valence electrons. The van der Waals surface area contributed by atoms with Gasteiger partial charge in [-0.15, -0.1) is 0 Å². The van der Waals surface area contributed by atoms with Gasteiger partial charge in [0.25, 0.3) is 0 Å². The van der Waals surface area contributed by atoms with E-state index in [1.165, 1.54) is 21.5 Å². The van der Waals surface area contributed by atoms with E-state index in [1.54, 1.807) is 0 Å². The van der Waals surface area contributed by atoms with Crippen molar-refractivity contribution in [3.8, 4) is 5.75 Å². The van der Waals surface area contributed by atoms with E-state index in [2.05, 4.69) is 139 Å². The molecule has 0 amide bonds. The quantitative estimate of drug-likeness (QED) is 0.150. The van der Waals surface area contributed by atoms with Gasteiger partial charge < -0.3 is 0 Å². The maximum atomic E-state index is 6.46. The van der Waals surface area contributed by atoms with Crippen molar-refractivity contribution >= 4 is 48.6 Å². The second-order valence-electron chi connectivity index (χ2n) is 11.0. The summed E-state index contributed by atoms with van der Waals surface area (Å²) in [6.45, 7) is 1.16. The number of nitrogens with two attached hydrogens (primary N) is 1. The average molecular weight is 679 g/mol. The monoisotopic (exact) mass is 677 g/mol. The van der Waals surface area contributed by atoms with Crippen LogP contribution in [0.2, 0.25) is 0 Å². The fraction of sp³-hybridized carbons (Fsp3) is 0.135. The number of rotatable bonds is 11. The van der Waals surface area contributed by atoms with Crippen molar-refractivity contribution < 1.29 is 4.74 Å². The summed E-state index contributed by atoms with van der Waals surface area (Å²) in [7, 11) is 0. The van der Waals surface area contributed by atoms with Gasteiger partial charge in [0, 0.05) is 0 Å². The van der Waals surface area contributed by atoms with E-state index in [1.807, 2.05) is 42.5 Å². The van der Waals surface area contributed by atoms with Crippen molar-refractivity contribution in [2.45, 2.75) is 12.6 Å². The second-order valence-corrected chi connectivity index (χ2v) is 20.0. The first-order valence-corrected chi connectivity index (χ1v) is 19.5. The third-order valence-corrected chi connectivity index (χ3v) is 18.1. The predicted octanol–water partition coefficient (Wildman–Crippen LogP) is 6.01. The summed E-state index contributed by atoms with van der Waals surface area (Å²) in [5.74, 6) is 1.76. The molecular weight excluding hydrogens is 641 g/mol. The van der Waals surface area contributed by atoms with E-state index >= 15 is 0 Å². The molecule has 45 heavy (non-hydrogen) atoms. The first-order valence-electron chi connectivity index (χ1n) is 15.1. The van der Waals surface area contributed by atoms with E-state index in [4.69, 9.17) is 10.5 Å². The van der Waals surface area contributed by atoms with E-state index < -0.39 is 5.31 Å². The Morgan fingerprint density at radius 1 is 0.711 bits per heavy atom. The van der Waals surface area contributed by atoms with Crippen LogP contribution in [0.4, 0.5) is 0 Å². The number of nitrogens with one attached hydrogen (secondary N) is 2. The number of guanidine groups is 2. The van der Waals surface area contributed by atoms with Crippen LogP contribution in [-0.2, 0) is 6.42 Å². The van der Waals surface area contributed by atoms with E-state index in [0.29, 0.717) is 25.1 Å². The normalized spacial score (nSPS) is 16.5. The fourth-order valence-electron chi connectivity index (χ4n) is 5.81. The number of nitrogens with zero attached hydrogens (tertiary/aromatic N) is 2. The van der Waals surface area contributed by atoms with Gasteiger partial charge in [0.2, 0.25) is 0 Å². The zero-order valence-electron chi connectivity index (χ0n) is 25.0. The molecule has 6 nitrogen and oxygen atoms in total. The van der Waals surface area contributed by atoms with Gasteiger partial charge in [-0.3, -0.25) is 0 Å². The topological polar surface area (TPSA) is 84.0 Å². The Bertz CT molecular complexity index is 1650. The van der Waals surface area contributed by atoms with Gasteiger partial charge in [-0.2, -0.15) is 0 Å². The number of hydrogen-bond acceptors (Lipinski definition) is 4. The van der Waals surface area contributed by atoms with Gasteiger partial charge in [-0.05, 0) is 12.0 Å². The minimum atomic E-state index is -3.06. The summed E-state index contributed by atoms with van der Waals surface area (Å²) in [6.07, 6.45) is 1.29. The van der Waals surface area contributed by atoms with Crippen LogP contribution in [0.3, 0.4) is 0 Å². The minimum absolute atomic E-state index is 0.337. The van der Waals surface area contributed by atoms with Crippen LogP contribution in [0.1, 0.15) is 17.3 Å². The molecule has 4 N–H and O–H groups in total. The molecular formula is C37H37BrN5OP. The average Bonchev–Trinajstić information content (AvgIpc) is 3.10. The molecule has 0 saturated heterocycles. The van der Waals surface area contributed by atoms with Gasteiger partial charge in [0.15, 0.2) is 0 Å². The molecule has 1 aliphatic rings. The van der Waals surface area contributed by atoms with Crippen LogP contribution in [0.5, 0.6) is 5.75 Å². The molecule has 0 aliphatic carbocycles. The third kappa shape index (κ3) is 6.65. The standard InChI is InChI=1S/C37H37BrN5OP/c38-45(32-15-7-2-8-16-32,33-17-9-3-10-18-33,34-19-11-4-12-20-34)28-27-44-31-23-21-30(22-24-31)35-41-36(39)43-37(42-35)40-26-25-29-13-5-1-6-14-29/h1-24,35H,25-28H2,(H4,39,40,41,42,43). The Kier molecular flexibility index (Phi) is 9.29. The molecule has 0 fully saturated rings. The van der Waals surface area contributed by atoms with Crippen molar-refractivity contribution in [1.29, 1.82) is 0 Å². The summed E-state index contributed by atoms with van der Waals surface area (Å²) < 4.78 is 6.46. The Labute approximate surface area is 273 Å². The Hall–Kier alpha value is -4.45. The molecule has 5 aromatic carbocycles. The van der Waals surface area contributed by atoms with Crippen LogP contribution >= 0.6 is 20.8 Å². The number of aliphatic imine (C=N–C) groups is 2. The molecule has 6 rings (SSSR count). The molecule has 1 aliphatic heterocycles. The molecule has 0 bridgehead atoms. The van der Waals surface area contributed by atoms with Crippen LogP contribution in [0.25, 0.3) is 0 Å². The van der Waals surface area contributed by atoms with Crippen LogP contribution < -0.4 is 37.0 Å². The number of hydrogen-bond donors (Lipinski definition) is 3. The number of ether oxygens (including phenoxy) is 1. The van der Waals surface area contributed by atoms with E-state index in [0.717, 1.165) is 23.9 Å². The number of halogens is 1. The molecule has 0 aromatic heterocycles. The van der Waals surface area contributed by atoms with Crippen molar-refractivity contribution in [1.82, 2.24) is 10.6 Å². The first kappa shape index (κ1) is 30.6. The predicted molar refractivity (Wildman–Crippen MR) is 194 cm³/mol. The molecule has 0 saturated carbocycles. The number of benzene rings is 5. The molecule has 0 spiro atoms. The van der Waals surface area contributed by atoms with Crippen LogP contribution in [-0.4, -0.2) is 31.2 Å². The maximum absolute atomic E-state index is 6.46. The Morgan fingerprint density at radius 2 is 1.22 bits per heavy atom. The summed E-state index contributed by atoms with van der Waals surface area (Å²) in [6, 6.07) is 50.7. The molecule has 1 heterocycles. The third-order valence-electron chi connectivity index (χ3n) is 8.16. The van der Waals surface area contributed by atoms with Crippen LogP contribution in [0, 0.1) is 0 Å². The van der Waals surface area contributed by atoms with E-state index in [9.17, 15) is 0 Å². The summed E-state index contributed by atoms with van der Waals surface area (Å²) in [4.78, 5) is 9.23. The van der Waals surface area contributed by atoms with Gasteiger partial charge in [0.05, 0.1) is 0 Å². The second kappa shape index (κ2) is 13.7. The molecule has 1 atom stereocenters. The zero-order valence-corrected chi connectivity index (χ0v) is 27.4. The summed E-state index contributed by atoms with van der Waals surface area (Å²) in [5, 5.41) is 7.16. The summed E-state index contributed by atoms with van der Waals surface area (Å²) >= 11 is 4.50. The summed E-state index contributed by atoms with van der Waals surface area (Å²) in [5.41, 5.74) is 8.34. The Balaban J connectivity index is 1.18.